The molecule has 6 nitrogen and oxygen atoms in total. The third kappa shape index (κ3) is 6.13. The van der Waals surface area contributed by atoms with Crippen LogP contribution in [0.25, 0.3) is 0 Å². The molecule has 4 rings (SSSR count). The summed E-state index contributed by atoms with van der Waals surface area (Å²) in [6.45, 7) is 1.74. The molecule has 3 aromatic rings. The van der Waals surface area contributed by atoms with Gasteiger partial charge in [0.25, 0.3) is 0 Å². The molecule has 1 aliphatic rings. The van der Waals surface area contributed by atoms with Gasteiger partial charge in [0.1, 0.15) is 0 Å². The number of nitrogens with zero attached hydrogens (tertiary/aromatic N) is 4. The third-order valence-electron chi connectivity index (χ3n) is 6.68. The number of piperidine rings is 1. The van der Waals surface area contributed by atoms with Crippen LogP contribution in [0.3, 0.4) is 0 Å². The van der Waals surface area contributed by atoms with Crippen molar-refractivity contribution >= 4 is 17.6 Å². The Morgan fingerprint density at radius 1 is 1.06 bits per heavy atom. The highest BCUT2D eigenvalue weighted by atomic mass is 16.4. The Hall–Kier alpha value is -3.41. The fraction of sp³-hybridized carbons (Fsp3) is 0.393. The minimum atomic E-state index is -0.961. The summed E-state index contributed by atoms with van der Waals surface area (Å²) >= 11 is 0. The van der Waals surface area contributed by atoms with Crippen molar-refractivity contribution in [1.29, 1.82) is 0 Å². The van der Waals surface area contributed by atoms with Crippen molar-refractivity contribution in [3.05, 3.63) is 83.7 Å². The molecule has 1 aliphatic heterocycles. The van der Waals surface area contributed by atoms with Crippen LogP contribution in [-0.2, 0) is 12.8 Å². The van der Waals surface area contributed by atoms with Gasteiger partial charge in [-0.15, -0.1) is 0 Å². The van der Waals surface area contributed by atoms with E-state index in [1.165, 1.54) is 18.2 Å². The number of hydrogen-bond acceptors (Lipinski definition) is 5. The first-order valence-corrected chi connectivity index (χ1v) is 12.3. The van der Waals surface area contributed by atoms with E-state index in [-0.39, 0.29) is 5.56 Å². The van der Waals surface area contributed by atoms with E-state index in [1.54, 1.807) is 0 Å². The van der Waals surface area contributed by atoms with E-state index in [0.717, 1.165) is 50.9 Å². The Morgan fingerprint density at radius 3 is 2.53 bits per heavy atom. The molecule has 1 fully saturated rings. The number of carboxylic acids is 1. The Labute approximate surface area is 202 Å². The molecule has 0 radical (unpaired) electrons. The smallest absolute Gasteiger partial charge is 0.339 e. The number of aromatic carboxylic acids is 1. The van der Waals surface area contributed by atoms with Gasteiger partial charge in [0.15, 0.2) is 0 Å². The van der Waals surface area contributed by atoms with Crippen LogP contribution in [0.2, 0.25) is 0 Å². The minimum absolute atomic E-state index is 0.212. The first-order valence-electron chi connectivity index (χ1n) is 12.3. The van der Waals surface area contributed by atoms with Gasteiger partial charge in [0, 0.05) is 38.1 Å². The van der Waals surface area contributed by atoms with Gasteiger partial charge in [0.2, 0.25) is 5.95 Å². The Balaban J connectivity index is 1.45. The molecule has 0 spiro atoms. The van der Waals surface area contributed by atoms with Crippen molar-refractivity contribution in [2.45, 2.75) is 51.0 Å². The molecule has 0 bridgehead atoms. The van der Waals surface area contributed by atoms with E-state index >= 15 is 0 Å². The van der Waals surface area contributed by atoms with Gasteiger partial charge in [-0.1, -0.05) is 48.5 Å². The summed E-state index contributed by atoms with van der Waals surface area (Å²) in [6.07, 6.45) is 8.44. The van der Waals surface area contributed by atoms with Gasteiger partial charge in [0.05, 0.1) is 11.3 Å². The maximum atomic E-state index is 11.8. The van der Waals surface area contributed by atoms with Gasteiger partial charge in [-0.25, -0.2) is 14.8 Å². The Kier molecular flexibility index (Phi) is 8.12. The van der Waals surface area contributed by atoms with Gasteiger partial charge < -0.3 is 14.9 Å². The second-order valence-electron chi connectivity index (χ2n) is 9.06. The fourth-order valence-electron chi connectivity index (χ4n) is 4.75. The summed E-state index contributed by atoms with van der Waals surface area (Å²) in [5, 5.41) is 9.71. The summed E-state index contributed by atoms with van der Waals surface area (Å²) in [4.78, 5) is 25.6. The fourth-order valence-corrected chi connectivity index (χ4v) is 4.75. The van der Waals surface area contributed by atoms with Crippen LogP contribution in [0, 0.1) is 0 Å². The molecule has 0 amide bonds. The van der Waals surface area contributed by atoms with Gasteiger partial charge in [-0.3, -0.25) is 0 Å². The van der Waals surface area contributed by atoms with Crippen molar-refractivity contribution in [2.75, 3.05) is 29.9 Å². The van der Waals surface area contributed by atoms with E-state index in [1.807, 2.05) is 24.3 Å². The topological polar surface area (TPSA) is 69.6 Å². The van der Waals surface area contributed by atoms with Crippen LogP contribution in [-0.4, -0.2) is 47.2 Å². The van der Waals surface area contributed by atoms with Crippen LogP contribution in [0.1, 0.15) is 53.7 Å². The second kappa shape index (κ2) is 11.6. The summed E-state index contributed by atoms with van der Waals surface area (Å²) in [5.74, 6) is -0.286. The highest BCUT2D eigenvalue weighted by Gasteiger charge is 2.26. The summed E-state index contributed by atoms with van der Waals surface area (Å²) in [5.41, 5.74) is 3.34. The molecule has 34 heavy (non-hydrogen) atoms. The molecule has 1 aromatic heterocycles. The lowest BCUT2D eigenvalue weighted by Gasteiger charge is -2.36. The van der Waals surface area contributed by atoms with Gasteiger partial charge >= 0.3 is 5.97 Å². The van der Waals surface area contributed by atoms with Crippen LogP contribution < -0.4 is 9.80 Å². The molecule has 0 saturated carbocycles. The molecule has 0 aliphatic carbocycles. The van der Waals surface area contributed by atoms with Crippen molar-refractivity contribution in [3.63, 3.8) is 0 Å². The lowest BCUT2D eigenvalue weighted by molar-refractivity contribution is 0.0694. The number of carboxylic acid groups (broad SMARTS) is 1. The SMILES string of the molecule is CN(CCCc1nc(N2CCCC[C@@H]2CCc2ccccc2)ncc1C(=O)O)c1ccccc1. The van der Waals surface area contributed by atoms with Crippen LogP contribution in [0.5, 0.6) is 0 Å². The standard InChI is InChI=1S/C28H34N4O2/c1-31(23-13-6-3-7-14-23)19-10-16-26-25(27(33)34)21-29-28(30-26)32-20-9-8-15-24(32)18-17-22-11-4-2-5-12-22/h2-7,11-14,21,24H,8-10,15-20H2,1H3,(H,33,34)/t24-/m1/s1. The predicted molar refractivity (Wildman–Crippen MR) is 137 cm³/mol. The first kappa shape index (κ1) is 23.7. The molecule has 2 heterocycles. The number of hydrogen-bond donors (Lipinski definition) is 1. The molecular weight excluding hydrogens is 424 g/mol. The third-order valence-corrected chi connectivity index (χ3v) is 6.68. The quantitative estimate of drug-likeness (QED) is 0.448. The monoisotopic (exact) mass is 458 g/mol. The number of rotatable bonds is 10. The number of aryl methyl sites for hydroxylation is 2. The second-order valence-corrected chi connectivity index (χ2v) is 9.06. The maximum absolute atomic E-state index is 11.8. The Bertz CT molecular complexity index is 1060. The average Bonchev–Trinajstić information content (AvgIpc) is 2.88. The molecule has 6 heteroatoms. The lowest BCUT2D eigenvalue weighted by Crippen LogP contribution is -2.41. The van der Waals surface area contributed by atoms with Crippen LogP contribution >= 0.6 is 0 Å². The number of anilines is 2. The van der Waals surface area contributed by atoms with Crippen molar-refractivity contribution in [3.8, 4) is 0 Å². The minimum Gasteiger partial charge on any atom is -0.478 e. The van der Waals surface area contributed by atoms with Crippen LogP contribution in [0.15, 0.2) is 66.9 Å². The number of carbonyl (C=O) groups is 1. The summed E-state index contributed by atoms with van der Waals surface area (Å²) in [7, 11) is 2.06. The van der Waals surface area contributed by atoms with Gasteiger partial charge in [-0.05, 0) is 62.6 Å². The molecule has 1 atom stereocenters. The predicted octanol–water partition coefficient (Wildman–Crippen LogP) is 5.24. The van der Waals surface area contributed by atoms with E-state index < -0.39 is 5.97 Å². The lowest BCUT2D eigenvalue weighted by atomic mass is 9.96. The Morgan fingerprint density at radius 2 is 1.79 bits per heavy atom. The first-order chi connectivity index (χ1) is 16.6. The number of para-hydroxylation sites is 1. The summed E-state index contributed by atoms with van der Waals surface area (Å²) in [6, 6.07) is 21.2. The number of benzene rings is 2. The van der Waals surface area contributed by atoms with Gasteiger partial charge in [-0.2, -0.15) is 0 Å². The van der Waals surface area contributed by atoms with Crippen LogP contribution in [0.4, 0.5) is 11.6 Å². The van der Waals surface area contributed by atoms with E-state index in [0.29, 0.717) is 24.1 Å². The molecular formula is C28H34N4O2. The molecule has 1 N–H and O–H groups in total. The zero-order chi connectivity index (χ0) is 23.8. The van der Waals surface area contributed by atoms with E-state index in [2.05, 4.69) is 58.2 Å². The average molecular weight is 459 g/mol. The van der Waals surface area contributed by atoms with E-state index in [4.69, 9.17) is 4.98 Å². The van der Waals surface area contributed by atoms with Crippen molar-refractivity contribution < 1.29 is 9.90 Å². The molecule has 2 aromatic carbocycles. The number of aromatic nitrogens is 2. The highest BCUT2D eigenvalue weighted by molar-refractivity contribution is 5.88. The van der Waals surface area contributed by atoms with Crippen molar-refractivity contribution in [1.82, 2.24) is 9.97 Å². The summed E-state index contributed by atoms with van der Waals surface area (Å²) < 4.78 is 0. The normalized spacial score (nSPS) is 15.8. The molecule has 0 unspecified atom stereocenters. The highest BCUT2D eigenvalue weighted by Crippen LogP contribution is 2.26. The zero-order valence-corrected chi connectivity index (χ0v) is 19.9. The largest absolute Gasteiger partial charge is 0.478 e. The molecule has 1 saturated heterocycles. The van der Waals surface area contributed by atoms with Crippen molar-refractivity contribution in [2.24, 2.45) is 0 Å². The van der Waals surface area contributed by atoms with E-state index in [9.17, 15) is 9.90 Å². The molecule has 178 valence electrons. The maximum Gasteiger partial charge on any atom is 0.339 e. The zero-order valence-electron chi connectivity index (χ0n) is 19.9.